The van der Waals surface area contributed by atoms with Gasteiger partial charge in [-0.25, -0.2) is 0 Å². The van der Waals surface area contributed by atoms with Crippen LogP contribution in [0.3, 0.4) is 0 Å². The minimum absolute atomic E-state index is 0.319. The molecular weight excluding hydrogens is 176 g/mol. The molecule has 1 aromatic rings. The third-order valence-corrected chi connectivity index (χ3v) is 2.75. The quantitative estimate of drug-likeness (QED) is 0.771. The third kappa shape index (κ3) is 2.56. The molecule has 0 amide bonds. The summed E-state index contributed by atoms with van der Waals surface area (Å²) in [6.45, 7) is 1.80. The number of hydrogen-bond donors (Lipinski definition) is 1. The summed E-state index contributed by atoms with van der Waals surface area (Å²) in [5.74, 6) is 1.11. The first-order chi connectivity index (χ1) is 6.90. The molecule has 0 spiro atoms. The standard InChI is InChI=1S/C12H16O2/c13-7-11-6-12(11)9-14-8-10-4-2-1-3-5-10/h1-5,11-13H,6-9H2. The summed E-state index contributed by atoms with van der Waals surface area (Å²) in [7, 11) is 0. The highest BCUT2D eigenvalue weighted by molar-refractivity contribution is 5.13. The van der Waals surface area contributed by atoms with E-state index in [1.807, 2.05) is 18.2 Å². The summed E-state index contributed by atoms with van der Waals surface area (Å²) in [5, 5.41) is 8.84. The molecule has 0 saturated heterocycles. The van der Waals surface area contributed by atoms with Crippen LogP contribution in [0.5, 0.6) is 0 Å². The monoisotopic (exact) mass is 192 g/mol. The van der Waals surface area contributed by atoms with Crippen LogP contribution in [-0.2, 0) is 11.3 Å². The summed E-state index contributed by atoms with van der Waals surface area (Å²) < 4.78 is 5.56. The smallest absolute Gasteiger partial charge is 0.0717 e. The summed E-state index contributed by atoms with van der Waals surface area (Å²) in [4.78, 5) is 0. The molecule has 1 fully saturated rings. The van der Waals surface area contributed by atoms with Crippen molar-refractivity contribution in [1.29, 1.82) is 0 Å². The van der Waals surface area contributed by atoms with Gasteiger partial charge >= 0.3 is 0 Å². The number of hydrogen-bond acceptors (Lipinski definition) is 2. The van der Waals surface area contributed by atoms with Crippen molar-refractivity contribution >= 4 is 0 Å². The Morgan fingerprint density at radius 2 is 2.00 bits per heavy atom. The van der Waals surface area contributed by atoms with Crippen LogP contribution in [0.1, 0.15) is 12.0 Å². The van der Waals surface area contributed by atoms with Gasteiger partial charge < -0.3 is 9.84 Å². The number of ether oxygens (including phenoxy) is 1. The highest BCUT2D eigenvalue weighted by atomic mass is 16.5. The number of aliphatic hydroxyl groups is 1. The molecule has 0 radical (unpaired) electrons. The summed E-state index contributed by atoms with van der Waals surface area (Å²) >= 11 is 0. The van der Waals surface area contributed by atoms with Crippen molar-refractivity contribution in [2.75, 3.05) is 13.2 Å². The minimum atomic E-state index is 0.319. The molecule has 76 valence electrons. The lowest BCUT2D eigenvalue weighted by molar-refractivity contribution is 0.104. The number of benzene rings is 1. The fraction of sp³-hybridized carbons (Fsp3) is 0.500. The van der Waals surface area contributed by atoms with Gasteiger partial charge in [-0.05, 0) is 23.8 Å². The second-order valence-electron chi connectivity index (χ2n) is 3.94. The maximum atomic E-state index is 8.84. The molecule has 2 atom stereocenters. The molecule has 0 aromatic heterocycles. The molecular formula is C12H16O2. The topological polar surface area (TPSA) is 29.5 Å². The zero-order valence-corrected chi connectivity index (χ0v) is 8.23. The van der Waals surface area contributed by atoms with Crippen molar-refractivity contribution in [3.8, 4) is 0 Å². The molecule has 2 heteroatoms. The molecule has 1 aromatic carbocycles. The second kappa shape index (κ2) is 4.58. The first-order valence-corrected chi connectivity index (χ1v) is 5.12. The van der Waals surface area contributed by atoms with Crippen molar-refractivity contribution in [2.24, 2.45) is 11.8 Å². The van der Waals surface area contributed by atoms with E-state index in [2.05, 4.69) is 12.1 Å². The lowest BCUT2D eigenvalue weighted by Crippen LogP contribution is -2.00. The van der Waals surface area contributed by atoms with Crippen molar-refractivity contribution in [1.82, 2.24) is 0 Å². The molecule has 0 heterocycles. The molecule has 14 heavy (non-hydrogen) atoms. The first kappa shape index (κ1) is 9.69. The Labute approximate surface area is 84.5 Å². The van der Waals surface area contributed by atoms with Crippen LogP contribution >= 0.6 is 0 Å². The van der Waals surface area contributed by atoms with Gasteiger partial charge in [-0.3, -0.25) is 0 Å². The lowest BCUT2D eigenvalue weighted by Gasteiger charge is -2.03. The van der Waals surface area contributed by atoms with Gasteiger partial charge in [0, 0.05) is 6.61 Å². The molecule has 0 aliphatic heterocycles. The average molecular weight is 192 g/mol. The Morgan fingerprint density at radius 3 is 2.64 bits per heavy atom. The maximum Gasteiger partial charge on any atom is 0.0717 e. The van der Waals surface area contributed by atoms with Gasteiger partial charge in [-0.1, -0.05) is 30.3 Å². The van der Waals surface area contributed by atoms with Gasteiger partial charge in [0.1, 0.15) is 0 Å². The zero-order valence-electron chi connectivity index (χ0n) is 8.23. The predicted molar refractivity (Wildman–Crippen MR) is 54.8 cm³/mol. The maximum absolute atomic E-state index is 8.84. The van der Waals surface area contributed by atoms with E-state index >= 15 is 0 Å². The number of aliphatic hydroxyl groups excluding tert-OH is 1. The van der Waals surface area contributed by atoms with E-state index in [1.165, 1.54) is 5.56 Å². The van der Waals surface area contributed by atoms with E-state index in [9.17, 15) is 0 Å². The molecule has 2 nitrogen and oxygen atoms in total. The van der Waals surface area contributed by atoms with Gasteiger partial charge in [0.05, 0.1) is 13.2 Å². The molecule has 1 aliphatic rings. The first-order valence-electron chi connectivity index (χ1n) is 5.12. The van der Waals surface area contributed by atoms with Gasteiger partial charge in [-0.2, -0.15) is 0 Å². The van der Waals surface area contributed by atoms with Gasteiger partial charge in [0.25, 0.3) is 0 Å². The fourth-order valence-corrected chi connectivity index (χ4v) is 1.64. The molecule has 1 N–H and O–H groups in total. The second-order valence-corrected chi connectivity index (χ2v) is 3.94. The largest absolute Gasteiger partial charge is 0.396 e. The van der Waals surface area contributed by atoms with E-state index in [0.29, 0.717) is 25.0 Å². The fourth-order valence-electron chi connectivity index (χ4n) is 1.64. The lowest BCUT2D eigenvalue weighted by atomic mass is 10.2. The Morgan fingerprint density at radius 1 is 1.21 bits per heavy atom. The van der Waals surface area contributed by atoms with E-state index in [4.69, 9.17) is 9.84 Å². The van der Waals surface area contributed by atoms with Crippen LogP contribution in [0.4, 0.5) is 0 Å². The molecule has 2 rings (SSSR count). The van der Waals surface area contributed by atoms with E-state index in [-0.39, 0.29) is 0 Å². The van der Waals surface area contributed by atoms with Crippen LogP contribution in [0.15, 0.2) is 30.3 Å². The van der Waals surface area contributed by atoms with Crippen molar-refractivity contribution in [3.05, 3.63) is 35.9 Å². The van der Waals surface area contributed by atoms with Crippen LogP contribution in [0, 0.1) is 11.8 Å². The molecule has 1 saturated carbocycles. The summed E-state index contributed by atoms with van der Waals surface area (Å²) in [6, 6.07) is 10.2. The Bertz CT molecular complexity index is 271. The highest BCUT2D eigenvalue weighted by Crippen LogP contribution is 2.37. The van der Waals surface area contributed by atoms with Crippen LogP contribution in [0.25, 0.3) is 0 Å². The van der Waals surface area contributed by atoms with Gasteiger partial charge in [0.2, 0.25) is 0 Å². The van der Waals surface area contributed by atoms with Crippen LogP contribution in [0.2, 0.25) is 0 Å². The zero-order chi connectivity index (χ0) is 9.80. The Hall–Kier alpha value is -0.860. The van der Waals surface area contributed by atoms with Gasteiger partial charge in [0.15, 0.2) is 0 Å². The van der Waals surface area contributed by atoms with E-state index < -0.39 is 0 Å². The normalized spacial score (nSPS) is 24.9. The molecule has 0 bridgehead atoms. The summed E-state index contributed by atoms with van der Waals surface area (Å²) in [5.41, 5.74) is 1.22. The minimum Gasteiger partial charge on any atom is -0.396 e. The van der Waals surface area contributed by atoms with Crippen molar-refractivity contribution in [2.45, 2.75) is 13.0 Å². The van der Waals surface area contributed by atoms with E-state index in [1.54, 1.807) is 0 Å². The molecule has 1 aliphatic carbocycles. The summed E-state index contributed by atoms with van der Waals surface area (Å²) in [6.07, 6.45) is 1.13. The van der Waals surface area contributed by atoms with E-state index in [0.717, 1.165) is 13.0 Å². The number of rotatable bonds is 5. The van der Waals surface area contributed by atoms with Crippen LogP contribution in [-0.4, -0.2) is 18.3 Å². The third-order valence-electron chi connectivity index (χ3n) is 2.75. The van der Waals surface area contributed by atoms with Crippen LogP contribution < -0.4 is 0 Å². The van der Waals surface area contributed by atoms with Crippen molar-refractivity contribution < 1.29 is 9.84 Å². The Kier molecular flexibility index (Phi) is 3.17. The SMILES string of the molecule is OCC1CC1COCc1ccccc1. The highest BCUT2D eigenvalue weighted by Gasteiger charge is 2.36. The predicted octanol–water partition coefficient (Wildman–Crippen LogP) is 1.83. The van der Waals surface area contributed by atoms with Gasteiger partial charge in [-0.15, -0.1) is 0 Å². The van der Waals surface area contributed by atoms with Crippen molar-refractivity contribution in [3.63, 3.8) is 0 Å². The average Bonchev–Trinajstić information content (AvgIpc) is 2.98. The Balaban J connectivity index is 1.64. The molecule has 2 unspecified atom stereocenters.